The average molecular weight is 262 g/mol. The van der Waals surface area contributed by atoms with Crippen LogP contribution in [0.25, 0.3) is 0 Å². The Balaban J connectivity index is 1.85. The Kier molecular flexibility index (Phi) is 4.07. The molecule has 17 heavy (non-hydrogen) atoms. The molecule has 0 aliphatic carbocycles. The highest BCUT2D eigenvalue weighted by molar-refractivity contribution is 7.89. The second kappa shape index (κ2) is 5.22. The fraction of sp³-hybridized carbons (Fsp3) is 1.00. The van der Waals surface area contributed by atoms with Gasteiger partial charge in [0.1, 0.15) is 0 Å². The average Bonchev–Trinajstić information content (AvgIpc) is 2.75. The van der Waals surface area contributed by atoms with Crippen molar-refractivity contribution in [1.29, 1.82) is 0 Å². The molecule has 0 aromatic heterocycles. The quantitative estimate of drug-likeness (QED) is 0.761. The van der Waals surface area contributed by atoms with E-state index in [0.29, 0.717) is 6.54 Å². The molecule has 0 amide bonds. The van der Waals surface area contributed by atoms with Crippen molar-refractivity contribution in [2.24, 2.45) is 0 Å². The molecule has 6 heteroatoms. The van der Waals surface area contributed by atoms with E-state index >= 15 is 0 Å². The highest BCUT2D eigenvalue weighted by Crippen LogP contribution is 2.33. The summed E-state index contributed by atoms with van der Waals surface area (Å²) in [5.74, 6) is 0.131. The number of hydrogen-bond donors (Lipinski definition) is 2. The first-order valence-corrected chi connectivity index (χ1v) is 8.06. The van der Waals surface area contributed by atoms with Gasteiger partial charge in [-0.1, -0.05) is 0 Å². The van der Waals surface area contributed by atoms with Crippen molar-refractivity contribution < 1.29 is 13.2 Å². The van der Waals surface area contributed by atoms with Crippen LogP contribution in [0.3, 0.4) is 0 Å². The van der Waals surface area contributed by atoms with Gasteiger partial charge in [0, 0.05) is 13.1 Å². The van der Waals surface area contributed by atoms with Gasteiger partial charge in [0.2, 0.25) is 10.0 Å². The van der Waals surface area contributed by atoms with Crippen molar-refractivity contribution in [3.05, 3.63) is 0 Å². The lowest BCUT2D eigenvalue weighted by Crippen LogP contribution is -2.46. The maximum Gasteiger partial charge on any atom is 0.211 e. The minimum Gasteiger partial charge on any atom is -0.369 e. The molecule has 2 N–H and O–H groups in total. The second-order valence-corrected chi connectivity index (χ2v) is 7.09. The molecule has 0 saturated carbocycles. The first-order valence-electron chi connectivity index (χ1n) is 6.41. The zero-order valence-corrected chi connectivity index (χ0v) is 11.2. The monoisotopic (exact) mass is 262 g/mol. The van der Waals surface area contributed by atoms with Crippen LogP contribution in [0.5, 0.6) is 0 Å². The van der Waals surface area contributed by atoms with Crippen molar-refractivity contribution in [2.45, 2.75) is 44.3 Å². The summed E-state index contributed by atoms with van der Waals surface area (Å²) >= 11 is 0. The van der Waals surface area contributed by atoms with Gasteiger partial charge in [-0.25, -0.2) is 13.1 Å². The maximum absolute atomic E-state index is 11.4. The Bertz CT molecular complexity index is 350. The van der Waals surface area contributed by atoms with Gasteiger partial charge < -0.3 is 10.1 Å². The molecule has 0 aromatic rings. The van der Waals surface area contributed by atoms with E-state index in [1.165, 1.54) is 0 Å². The summed E-state index contributed by atoms with van der Waals surface area (Å²) in [4.78, 5) is 0. The van der Waals surface area contributed by atoms with Crippen molar-refractivity contribution in [1.82, 2.24) is 10.0 Å². The van der Waals surface area contributed by atoms with Gasteiger partial charge in [-0.05, 0) is 39.2 Å². The molecule has 2 fully saturated rings. The molecule has 2 atom stereocenters. The van der Waals surface area contributed by atoms with Crippen LogP contribution in [0.1, 0.15) is 32.6 Å². The molecule has 2 aliphatic heterocycles. The first kappa shape index (κ1) is 13.3. The van der Waals surface area contributed by atoms with Crippen LogP contribution < -0.4 is 10.0 Å². The Morgan fingerprint density at radius 1 is 1.47 bits per heavy atom. The fourth-order valence-electron chi connectivity index (χ4n) is 2.62. The summed E-state index contributed by atoms with van der Waals surface area (Å²) in [6.45, 7) is 3.97. The van der Waals surface area contributed by atoms with E-state index in [4.69, 9.17) is 4.74 Å². The number of hydrogen-bond acceptors (Lipinski definition) is 4. The van der Waals surface area contributed by atoms with Crippen LogP contribution >= 0.6 is 0 Å². The van der Waals surface area contributed by atoms with Crippen LogP contribution in [-0.4, -0.2) is 45.5 Å². The summed E-state index contributed by atoms with van der Waals surface area (Å²) in [6, 6.07) is 0. The fourth-order valence-corrected chi connectivity index (χ4v) is 3.27. The summed E-state index contributed by atoms with van der Waals surface area (Å²) in [5, 5.41) is 3.32. The third kappa shape index (κ3) is 3.40. The Morgan fingerprint density at radius 3 is 2.94 bits per heavy atom. The summed E-state index contributed by atoms with van der Waals surface area (Å²) in [6.07, 6.45) is 4.25. The molecule has 0 aromatic carbocycles. The van der Waals surface area contributed by atoms with Crippen molar-refractivity contribution in [2.75, 3.05) is 25.4 Å². The minimum atomic E-state index is -3.10. The highest BCUT2D eigenvalue weighted by Gasteiger charge is 2.39. The number of sulfonamides is 1. The van der Waals surface area contributed by atoms with E-state index in [0.717, 1.165) is 38.8 Å². The minimum absolute atomic E-state index is 0.0272. The molecule has 2 aliphatic rings. The molecular formula is C11H22N2O3S. The lowest BCUT2D eigenvalue weighted by atomic mass is 9.91. The van der Waals surface area contributed by atoms with Gasteiger partial charge in [-0.3, -0.25) is 0 Å². The van der Waals surface area contributed by atoms with E-state index < -0.39 is 10.0 Å². The van der Waals surface area contributed by atoms with Gasteiger partial charge in [0.15, 0.2) is 0 Å². The van der Waals surface area contributed by atoms with Crippen LogP contribution in [-0.2, 0) is 14.8 Å². The lowest BCUT2D eigenvalue weighted by molar-refractivity contribution is -0.113. The van der Waals surface area contributed by atoms with Crippen molar-refractivity contribution in [3.8, 4) is 0 Å². The third-order valence-electron chi connectivity index (χ3n) is 3.69. The predicted molar refractivity (Wildman–Crippen MR) is 66.4 cm³/mol. The molecule has 0 radical (unpaired) electrons. The Labute approximate surface area is 103 Å². The van der Waals surface area contributed by atoms with Crippen LogP contribution in [0.15, 0.2) is 0 Å². The lowest BCUT2D eigenvalue weighted by Gasteiger charge is -2.38. The highest BCUT2D eigenvalue weighted by atomic mass is 32.2. The molecule has 0 bridgehead atoms. The maximum atomic E-state index is 11.4. The molecular weight excluding hydrogens is 240 g/mol. The van der Waals surface area contributed by atoms with Gasteiger partial charge in [0.25, 0.3) is 0 Å². The normalized spacial score (nSPS) is 34.3. The standard InChI is InChI=1S/C11H22N2O3S/c1-2-17(14,15)13-8-10-4-3-5-11(16-10)6-7-12-9-11/h10,12-13H,2-9H2,1H3/t10-,11-/m0/s1. The summed E-state index contributed by atoms with van der Waals surface area (Å²) < 4.78 is 31.4. The van der Waals surface area contributed by atoms with Gasteiger partial charge >= 0.3 is 0 Å². The van der Waals surface area contributed by atoms with Gasteiger partial charge in [0.05, 0.1) is 17.5 Å². The SMILES string of the molecule is CCS(=O)(=O)NC[C@@H]1CCC[C@@]2(CCNC2)O1. The van der Waals surface area contributed by atoms with E-state index in [1.54, 1.807) is 6.92 Å². The van der Waals surface area contributed by atoms with Gasteiger partial charge in [-0.2, -0.15) is 0 Å². The van der Waals surface area contributed by atoms with E-state index in [-0.39, 0.29) is 17.5 Å². The first-order chi connectivity index (χ1) is 8.05. The molecule has 0 unspecified atom stereocenters. The second-order valence-electron chi connectivity index (χ2n) is 4.99. The van der Waals surface area contributed by atoms with E-state index in [9.17, 15) is 8.42 Å². The van der Waals surface area contributed by atoms with Crippen LogP contribution in [0.2, 0.25) is 0 Å². The molecule has 5 nitrogen and oxygen atoms in total. The van der Waals surface area contributed by atoms with Gasteiger partial charge in [-0.15, -0.1) is 0 Å². The summed E-state index contributed by atoms with van der Waals surface area (Å²) in [5.41, 5.74) is -0.0272. The molecule has 2 saturated heterocycles. The summed E-state index contributed by atoms with van der Waals surface area (Å²) in [7, 11) is -3.10. The number of ether oxygens (including phenoxy) is 1. The molecule has 1 spiro atoms. The topological polar surface area (TPSA) is 67.4 Å². The number of rotatable bonds is 4. The Morgan fingerprint density at radius 2 is 2.29 bits per heavy atom. The zero-order chi connectivity index (χ0) is 12.4. The molecule has 100 valence electrons. The smallest absolute Gasteiger partial charge is 0.211 e. The van der Waals surface area contributed by atoms with Crippen LogP contribution in [0, 0.1) is 0 Å². The van der Waals surface area contributed by atoms with E-state index in [2.05, 4.69) is 10.0 Å². The van der Waals surface area contributed by atoms with Crippen molar-refractivity contribution in [3.63, 3.8) is 0 Å². The number of nitrogens with one attached hydrogen (secondary N) is 2. The largest absolute Gasteiger partial charge is 0.369 e. The van der Waals surface area contributed by atoms with Crippen molar-refractivity contribution >= 4 is 10.0 Å². The Hall–Kier alpha value is -0.170. The third-order valence-corrected chi connectivity index (χ3v) is 5.06. The van der Waals surface area contributed by atoms with E-state index in [1.807, 2.05) is 0 Å². The zero-order valence-electron chi connectivity index (χ0n) is 10.4. The molecule has 2 rings (SSSR count). The predicted octanol–water partition coefficient (Wildman–Crippen LogP) is 0.227. The van der Waals surface area contributed by atoms with Crippen LogP contribution in [0.4, 0.5) is 0 Å². The molecule has 2 heterocycles.